The van der Waals surface area contributed by atoms with Gasteiger partial charge in [0.25, 0.3) is 5.91 Å². The van der Waals surface area contributed by atoms with Gasteiger partial charge in [-0.05, 0) is 56.7 Å². The third-order valence-electron chi connectivity index (χ3n) is 5.68. The molecule has 1 aromatic carbocycles. The minimum absolute atomic E-state index is 0.0716. The van der Waals surface area contributed by atoms with Crippen molar-refractivity contribution in [1.82, 2.24) is 4.31 Å². The van der Waals surface area contributed by atoms with Crippen molar-refractivity contribution < 1.29 is 17.7 Å². The Balaban J connectivity index is 1.67. The van der Waals surface area contributed by atoms with Gasteiger partial charge in [0.1, 0.15) is 0 Å². The fraction of sp³-hybridized carbons (Fsp3) is 0.632. The normalized spacial score (nSPS) is 19.8. The fourth-order valence-corrected chi connectivity index (χ4v) is 5.68. The zero-order valence-electron chi connectivity index (χ0n) is 15.8. The number of hydrogen-bond acceptors (Lipinski definition) is 3. The summed E-state index contributed by atoms with van der Waals surface area (Å²) in [5.74, 6) is -0.0716. The molecule has 7 heteroatoms. The summed E-state index contributed by atoms with van der Waals surface area (Å²) in [6.45, 7) is 1.55. The van der Waals surface area contributed by atoms with Crippen LogP contribution in [0.5, 0.6) is 0 Å². The molecule has 1 aromatic rings. The molecule has 0 atom stereocenters. The van der Waals surface area contributed by atoms with E-state index in [1.165, 1.54) is 30.0 Å². The van der Waals surface area contributed by atoms with Gasteiger partial charge in [0.2, 0.25) is 10.0 Å². The van der Waals surface area contributed by atoms with Crippen molar-refractivity contribution in [2.45, 2.75) is 49.5 Å². The van der Waals surface area contributed by atoms with Crippen molar-refractivity contribution in [3.8, 4) is 0 Å². The number of benzene rings is 1. The van der Waals surface area contributed by atoms with E-state index >= 15 is 0 Å². The van der Waals surface area contributed by atoms with Gasteiger partial charge in [-0.15, -0.1) is 0 Å². The van der Waals surface area contributed by atoms with Crippen molar-refractivity contribution in [3.63, 3.8) is 0 Å². The molecule has 1 heterocycles. The van der Waals surface area contributed by atoms with Gasteiger partial charge >= 0.3 is 0 Å². The zero-order valence-corrected chi connectivity index (χ0v) is 16.6. The standard InChI is InChI=1S/C19H29N3O3S/c1-22(2,17-9-3-4-10-17)15-19(23)20-16-8-7-11-18(14-16)26(24,25)21-12-5-6-13-21/h7-8,11,14,17H,3-6,9-10,12-13,15H2,1-2H3/p+1. The third kappa shape index (κ3) is 4.27. The van der Waals surface area contributed by atoms with Gasteiger partial charge in [0, 0.05) is 18.8 Å². The van der Waals surface area contributed by atoms with Crippen LogP contribution in [0.4, 0.5) is 5.69 Å². The Bertz CT molecular complexity index is 749. The molecule has 2 aliphatic rings. The Morgan fingerprint density at radius 2 is 1.81 bits per heavy atom. The summed E-state index contributed by atoms with van der Waals surface area (Å²) in [6, 6.07) is 7.14. The van der Waals surface area contributed by atoms with E-state index in [1.807, 2.05) is 0 Å². The maximum absolute atomic E-state index is 12.7. The molecule has 0 spiro atoms. The van der Waals surface area contributed by atoms with Crippen LogP contribution >= 0.6 is 0 Å². The molecule has 1 saturated carbocycles. The van der Waals surface area contributed by atoms with Crippen LogP contribution in [0.3, 0.4) is 0 Å². The predicted molar refractivity (Wildman–Crippen MR) is 102 cm³/mol. The van der Waals surface area contributed by atoms with Crippen LogP contribution in [0.1, 0.15) is 38.5 Å². The molecule has 0 aromatic heterocycles. The maximum atomic E-state index is 12.7. The molecule has 1 saturated heterocycles. The minimum Gasteiger partial charge on any atom is -0.321 e. The zero-order chi connectivity index (χ0) is 18.8. The molecule has 0 bridgehead atoms. The Morgan fingerprint density at radius 1 is 1.15 bits per heavy atom. The number of hydrogen-bond donors (Lipinski definition) is 1. The largest absolute Gasteiger partial charge is 0.321 e. The molecule has 0 radical (unpaired) electrons. The van der Waals surface area contributed by atoms with Crippen molar-refractivity contribution >= 4 is 21.6 Å². The van der Waals surface area contributed by atoms with Crippen molar-refractivity contribution in [2.24, 2.45) is 0 Å². The number of carbonyl (C=O) groups excluding carboxylic acids is 1. The molecule has 1 aliphatic carbocycles. The van der Waals surface area contributed by atoms with Crippen molar-refractivity contribution in [3.05, 3.63) is 24.3 Å². The first-order valence-corrected chi connectivity index (χ1v) is 11.0. The van der Waals surface area contributed by atoms with Gasteiger partial charge in [0.15, 0.2) is 6.54 Å². The second-order valence-electron chi connectivity index (χ2n) is 8.06. The number of quaternary nitrogens is 1. The predicted octanol–water partition coefficient (Wildman–Crippen LogP) is 2.43. The summed E-state index contributed by atoms with van der Waals surface area (Å²) in [6.07, 6.45) is 6.63. The highest BCUT2D eigenvalue weighted by Gasteiger charge is 2.33. The summed E-state index contributed by atoms with van der Waals surface area (Å²) in [4.78, 5) is 12.8. The van der Waals surface area contributed by atoms with Gasteiger partial charge in [0.05, 0.1) is 25.0 Å². The number of anilines is 1. The second kappa shape index (κ2) is 7.66. The van der Waals surface area contributed by atoms with E-state index in [-0.39, 0.29) is 10.8 Å². The number of carbonyl (C=O) groups is 1. The Morgan fingerprint density at radius 3 is 2.46 bits per heavy atom. The van der Waals surface area contributed by atoms with Crippen LogP contribution in [-0.2, 0) is 14.8 Å². The molecule has 1 N–H and O–H groups in total. The molecule has 0 unspecified atom stereocenters. The third-order valence-corrected chi connectivity index (χ3v) is 7.58. The van der Waals surface area contributed by atoms with Gasteiger partial charge in [-0.3, -0.25) is 4.79 Å². The van der Waals surface area contributed by atoms with Crippen LogP contribution in [0.15, 0.2) is 29.2 Å². The van der Waals surface area contributed by atoms with E-state index in [2.05, 4.69) is 19.4 Å². The molecule has 1 amide bonds. The molecule has 2 fully saturated rings. The quantitative estimate of drug-likeness (QED) is 0.771. The summed E-state index contributed by atoms with van der Waals surface area (Å²) in [5.41, 5.74) is 0.543. The van der Waals surface area contributed by atoms with Crippen LogP contribution < -0.4 is 5.32 Å². The van der Waals surface area contributed by atoms with Crippen molar-refractivity contribution in [1.29, 1.82) is 0 Å². The molecule has 1 aliphatic heterocycles. The number of sulfonamides is 1. The highest BCUT2D eigenvalue weighted by Crippen LogP contribution is 2.27. The summed E-state index contributed by atoms with van der Waals surface area (Å²) >= 11 is 0. The van der Waals surface area contributed by atoms with Crippen LogP contribution in [0.25, 0.3) is 0 Å². The van der Waals surface area contributed by atoms with Crippen LogP contribution in [0.2, 0.25) is 0 Å². The molecular weight excluding hydrogens is 350 g/mol. The number of likely N-dealkylation sites (N-methyl/N-ethyl adjacent to an activating group) is 1. The minimum atomic E-state index is -3.47. The van der Waals surface area contributed by atoms with E-state index in [1.54, 1.807) is 24.3 Å². The van der Waals surface area contributed by atoms with E-state index in [4.69, 9.17) is 0 Å². The summed E-state index contributed by atoms with van der Waals surface area (Å²) in [7, 11) is 0.735. The summed E-state index contributed by atoms with van der Waals surface area (Å²) < 4.78 is 27.6. The first-order chi connectivity index (χ1) is 12.3. The average molecular weight is 381 g/mol. The SMILES string of the molecule is C[N+](C)(CC(=O)Nc1cccc(S(=O)(=O)N2CCCC2)c1)C1CCCC1. The number of amides is 1. The van der Waals surface area contributed by atoms with E-state index < -0.39 is 10.0 Å². The molecule has 6 nitrogen and oxygen atoms in total. The first kappa shape index (κ1) is 19.3. The lowest BCUT2D eigenvalue weighted by Crippen LogP contribution is -2.51. The topological polar surface area (TPSA) is 66.5 Å². The number of rotatable bonds is 6. The molecule has 26 heavy (non-hydrogen) atoms. The Labute approximate surface area is 156 Å². The highest BCUT2D eigenvalue weighted by atomic mass is 32.2. The maximum Gasteiger partial charge on any atom is 0.279 e. The van der Waals surface area contributed by atoms with E-state index in [0.717, 1.165) is 12.8 Å². The summed E-state index contributed by atoms with van der Waals surface area (Å²) in [5, 5.41) is 2.89. The number of nitrogens with zero attached hydrogens (tertiary/aromatic N) is 2. The Hall–Kier alpha value is -1.44. The van der Waals surface area contributed by atoms with Crippen LogP contribution in [-0.4, -0.2) is 62.9 Å². The van der Waals surface area contributed by atoms with Gasteiger partial charge in [-0.25, -0.2) is 8.42 Å². The van der Waals surface area contributed by atoms with E-state index in [0.29, 0.717) is 35.8 Å². The Kier molecular flexibility index (Phi) is 5.69. The monoisotopic (exact) mass is 380 g/mol. The van der Waals surface area contributed by atoms with Gasteiger partial charge in [-0.1, -0.05) is 6.07 Å². The smallest absolute Gasteiger partial charge is 0.279 e. The van der Waals surface area contributed by atoms with Crippen LogP contribution in [0, 0.1) is 0 Å². The number of nitrogens with one attached hydrogen (secondary N) is 1. The average Bonchev–Trinajstić information content (AvgIpc) is 3.28. The van der Waals surface area contributed by atoms with Gasteiger partial charge in [-0.2, -0.15) is 4.31 Å². The molecule has 144 valence electrons. The molecular formula is C19H30N3O3S+. The lowest BCUT2D eigenvalue weighted by atomic mass is 10.2. The fourth-order valence-electron chi connectivity index (χ4n) is 4.11. The first-order valence-electron chi connectivity index (χ1n) is 9.52. The van der Waals surface area contributed by atoms with Gasteiger partial charge < -0.3 is 9.80 Å². The lowest BCUT2D eigenvalue weighted by molar-refractivity contribution is -0.906. The van der Waals surface area contributed by atoms with Crippen molar-refractivity contribution in [2.75, 3.05) is 39.0 Å². The van der Waals surface area contributed by atoms with E-state index in [9.17, 15) is 13.2 Å². The lowest BCUT2D eigenvalue weighted by Gasteiger charge is -2.35. The second-order valence-corrected chi connectivity index (χ2v) is 10.0. The highest BCUT2D eigenvalue weighted by molar-refractivity contribution is 7.89. The molecule has 3 rings (SSSR count).